The zero-order valence-electron chi connectivity index (χ0n) is 16.3. The highest BCUT2D eigenvalue weighted by molar-refractivity contribution is 8.00. The van der Waals surface area contributed by atoms with Gasteiger partial charge in [-0.05, 0) is 36.8 Å². The molecule has 1 aromatic carbocycles. The van der Waals surface area contributed by atoms with Gasteiger partial charge in [0.1, 0.15) is 6.04 Å². The van der Waals surface area contributed by atoms with Crippen LogP contribution in [0.15, 0.2) is 24.3 Å². The smallest absolute Gasteiger partial charge is 0.329 e. The fourth-order valence-electron chi connectivity index (χ4n) is 2.84. The molecular formula is C20H30N2O3S. The van der Waals surface area contributed by atoms with Gasteiger partial charge in [0.05, 0.1) is 12.0 Å². The number of carbonyl (C=O) groups is 2. The molecule has 2 atom stereocenters. The Kier molecular flexibility index (Phi) is 7.38. The summed E-state index contributed by atoms with van der Waals surface area (Å²) in [5, 5.41) is 2.95. The molecule has 2 amide bonds. The molecule has 1 aromatic rings. The van der Waals surface area contributed by atoms with E-state index in [2.05, 4.69) is 19.2 Å². The van der Waals surface area contributed by atoms with Crippen molar-refractivity contribution < 1.29 is 14.3 Å². The summed E-state index contributed by atoms with van der Waals surface area (Å²) in [4.78, 5) is 27.2. The molecule has 1 aliphatic rings. The van der Waals surface area contributed by atoms with Crippen molar-refractivity contribution in [3.8, 4) is 0 Å². The zero-order valence-corrected chi connectivity index (χ0v) is 17.1. The van der Waals surface area contributed by atoms with Gasteiger partial charge < -0.3 is 10.1 Å². The first-order chi connectivity index (χ1) is 12.3. The van der Waals surface area contributed by atoms with Crippen LogP contribution < -0.4 is 5.32 Å². The van der Waals surface area contributed by atoms with Crippen molar-refractivity contribution in [2.75, 3.05) is 17.7 Å². The average molecular weight is 379 g/mol. The molecule has 2 rings (SSSR count). The third kappa shape index (κ3) is 5.40. The number of hydrogen-bond donors (Lipinski definition) is 1. The Balaban J connectivity index is 2.16. The first-order valence-corrected chi connectivity index (χ1v) is 10.3. The van der Waals surface area contributed by atoms with Crippen LogP contribution in [0.25, 0.3) is 0 Å². The number of nitrogens with one attached hydrogen (secondary N) is 1. The number of esters is 1. The number of ether oxygens (including phenoxy) is 1. The molecule has 0 aromatic heterocycles. The van der Waals surface area contributed by atoms with Gasteiger partial charge in [-0.2, -0.15) is 0 Å². The fraction of sp³-hybridized carbons (Fsp3) is 0.600. The van der Waals surface area contributed by atoms with Gasteiger partial charge in [-0.15, -0.1) is 11.8 Å². The molecule has 144 valence electrons. The highest BCUT2D eigenvalue weighted by Crippen LogP contribution is 2.34. The van der Waals surface area contributed by atoms with E-state index in [1.54, 1.807) is 16.7 Å². The first kappa shape index (κ1) is 20.6. The van der Waals surface area contributed by atoms with Crippen LogP contribution in [0.2, 0.25) is 0 Å². The summed E-state index contributed by atoms with van der Waals surface area (Å²) < 4.78 is 5.42. The predicted molar refractivity (Wildman–Crippen MR) is 107 cm³/mol. The van der Waals surface area contributed by atoms with E-state index in [1.165, 1.54) is 0 Å². The number of rotatable bonds is 6. The summed E-state index contributed by atoms with van der Waals surface area (Å²) in [6.07, 6.45) is 0.847. The number of urea groups is 1. The molecule has 1 fully saturated rings. The lowest BCUT2D eigenvalue weighted by Gasteiger charge is -2.29. The molecule has 1 aliphatic heterocycles. The van der Waals surface area contributed by atoms with Gasteiger partial charge in [-0.3, -0.25) is 4.90 Å². The molecular weight excluding hydrogens is 348 g/mol. The van der Waals surface area contributed by atoms with E-state index in [4.69, 9.17) is 4.74 Å². The number of para-hydroxylation sites is 1. The lowest BCUT2D eigenvalue weighted by molar-refractivity contribution is -0.149. The molecule has 0 radical (unpaired) electrons. The Labute approximate surface area is 160 Å². The van der Waals surface area contributed by atoms with E-state index in [0.29, 0.717) is 18.3 Å². The van der Waals surface area contributed by atoms with Crippen molar-refractivity contribution in [3.63, 3.8) is 0 Å². The normalized spacial score (nSPS) is 19.9. The number of anilines is 1. The second-order valence-electron chi connectivity index (χ2n) is 7.61. The highest BCUT2D eigenvalue weighted by Gasteiger charge is 2.42. The van der Waals surface area contributed by atoms with Crippen molar-refractivity contribution in [1.82, 2.24) is 4.90 Å². The number of nitrogens with zero attached hydrogens (tertiary/aromatic N) is 1. The number of amides is 2. The van der Waals surface area contributed by atoms with Crippen LogP contribution in [0.1, 0.15) is 39.7 Å². The second kappa shape index (κ2) is 9.31. The molecule has 0 bridgehead atoms. The quantitative estimate of drug-likeness (QED) is 0.740. The maximum absolute atomic E-state index is 13.0. The van der Waals surface area contributed by atoms with Crippen molar-refractivity contribution in [2.45, 2.75) is 52.5 Å². The topological polar surface area (TPSA) is 58.6 Å². The Morgan fingerprint density at radius 3 is 2.54 bits per heavy atom. The highest BCUT2D eigenvalue weighted by atomic mass is 32.2. The van der Waals surface area contributed by atoms with E-state index in [1.807, 2.05) is 45.0 Å². The van der Waals surface area contributed by atoms with Gasteiger partial charge in [0.2, 0.25) is 0 Å². The van der Waals surface area contributed by atoms with Gasteiger partial charge in [0.25, 0.3) is 0 Å². The number of benzene rings is 1. The number of hydrogen-bond acceptors (Lipinski definition) is 4. The third-order valence-corrected chi connectivity index (χ3v) is 5.53. The van der Waals surface area contributed by atoms with Crippen LogP contribution >= 0.6 is 11.8 Å². The molecule has 0 unspecified atom stereocenters. The summed E-state index contributed by atoms with van der Waals surface area (Å²) in [5.41, 5.74) is 1.76. The summed E-state index contributed by atoms with van der Waals surface area (Å²) in [7, 11) is 0. The standard InChI is InChI=1S/C20H30N2O3S/c1-13(2)10-18-22(17(12-26-18)19(23)25-11-14(3)4)20(24)21-16-9-7-6-8-15(16)5/h6-9,13-14,17-18H,10-12H2,1-5H3,(H,21,24)/t17-,18+/m1/s1. The number of thioether (sulfide) groups is 1. The second-order valence-corrected chi connectivity index (χ2v) is 8.82. The Morgan fingerprint density at radius 2 is 1.92 bits per heavy atom. The van der Waals surface area contributed by atoms with E-state index >= 15 is 0 Å². The van der Waals surface area contributed by atoms with Crippen molar-refractivity contribution >= 4 is 29.4 Å². The summed E-state index contributed by atoms with van der Waals surface area (Å²) >= 11 is 1.66. The Hall–Kier alpha value is -1.69. The maximum atomic E-state index is 13.0. The van der Waals surface area contributed by atoms with Crippen LogP contribution in [0.5, 0.6) is 0 Å². The van der Waals surface area contributed by atoms with Crippen LogP contribution in [0, 0.1) is 18.8 Å². The van der Waals surface area contributed by atoms with Crippen LogP contribution in [0.4, 0.5) is 10.5 Å². The third-order valence-electron chi connectivity index (χ3n) is 4.22. The van der Waals surface area contributed by atoms with E-state index in [9.17, 15) is 9.59 Å². The molecule has 0 spiro atoms. The van der Waals surface area contributed by atoms with Crippen molar-refractivity contribution in [2.24, 2.45) is 11.8 Å². The van der Waals surface area contributed by atoms with Crippen LogP contribution in [-0.4, -0.2) is 40.7 Å². The molecule has 0 aliphatic carbocycles. The first-order valence-electron chi connectivity index (χ1n) is 9.22. The van der Waals surface area contributed by atoms with Crippen molar-refractivity contribution in [1.29, 1.82) is 0 Å². The largest absolute Gasteiger partial charge is 0.464 e. The molecule has 1 N–H and O–H groups in total. The summed E-state index contributed by atoms with van der Waals surface area (Å²) in [5.74, 6) is 0.980. The molecule has 0 saturated carbocycles. The van der Waals surface area contributed by atoms with Crippen LogP contribution in [-0.2, 0) is 9.53 Å². The fourth-order valence-corrected chi connectivity index (χ4v) is 4.47. The molecule has 6 heteroatoms. The molecule has 1 saturated heterocycles. The van der Waals surface area contributed by atoms with Gasteiger partial charge in [0, 0.05) is 11.4 Å². The summed E-state index contributed by atoms with van der Waals surface area (Å²) in [6.45, 7) is 10.6. The van der Waals surface area contributed by atoms with E-state index in [-0.39, 0.29) is 23.3 Å². The molecule has 26 heavy (non-hydrogen) atoms. The number of aryl methyl sites for hydroxylation is 1. The van der Waals surface area contributed by atoms with Gasteiger partial charge in [-0.25, -0.2) is 9.59 Å². The maximum Gasteiger partial charge on any atom is 0.329 e. The SMILES string of the molecule is Cc1ccccc1NC(=O)N1[C@H](CC(C)C)SC[C@@H]1C(=O)OCC(C)C. The Bertz CT molecular complexity index is 633. The zero-order chi connectivity index (χ0) is 19.3. The number of carbonyl (C=O) groups excluding carboxylic acids is 2. The minimum Gasteiger partial charge on any atom is -0.464 e. The summed E-state index contributed by atoms with van der Waals surface area (Å²) in [6, 6.07) is 6.88. The van der Waals surface area contributed by atoms with Gasteiger partial charge in [0.15, 0.2) is 0 Å². The van der Waals surface area contributed by atoms with Gasteiger partial charge in [-0.1, -0.05) is 45.9 Å². The lowest BCUT2D eigenvalue weighted by atomic mass is 10.1. The average Bonchev–Trinajstić information content (AvgIpc) is 2.97. The van der Waals surface area contributed by atoms with Gasteiger partial charge >= 0.3 is 12.0 Å². The molecule has 1 heterocycles. The van der Waals surface area contributed by atoms with E-state index in [0.717, 1.165) is 17.7 Å². The minimum absolute atomic E-state index is 0.0179. The molecule has 5 nitrogen and oxygen atoms in total. The lowest BCUT2D eigenvalue weighted by Crippen LogP contribution is -2.48. The van der Waals surface area contributed by atoms with Crippen LogP contribution in [0.3, 0.4) is 0 Å². The monoisotopic (exact) mass is 378 g/mol. The van der Waals surface area contributed by atoms with Crippen molar-refractivity contribution in [3.05, 3.63) is 29.8 Å². The minimum atomic E-state index is -0.536. The Morgan fingerprint density at radius 1 is 1.23 bits per heavy atom. The van der Waals surface area contributed by atoms with E-state index < -0.39 is 6.04 Å². The predicted octanol–water partition coefficient (Wildman–Crippen LogP) is 4.52.